The van der Waals surface area contributed by atoms with E-state index in [0.717, 1.165) is 24.2 Å². The summed E-state index contributed by atoms with van der Waals surface area (Å²) >= 11 is 0. The van der Waals surface area contributed by atoms with Crippen LogP contribution >= 0.6 is 0 Å². The first kappa shape index (κ1) is 36.4. The Balaban J connectivity index is 0.919. The Morgan fingerprint density at radius 1 is 0.562 bits per heavy atom. The molecule has 3 heterocycles. The first-order valence-corrected chi connectivity index (χ1v) is 23.4. The summed E-state index contributed by atoms with van der Waals surface area (Å²) in [4.78, 5) is 0. The van der Waals surface area contributed by atoms with Gasteiger partial charge in [-0.1, -0.05) is 152 Å². The molecular weight excluding hydrogens is 777 g/mol. The molecule has 0 saturated heterocycles. The average molecular weight is 825 g/mol. The summed E-state index contributed by atoms with van der Waals surface area (Å²) in [5.74, 6) is 1.33. The topological polar surface area (TPSA) is 23.0 Å². The lowest BCUT2D eigenvalue weighted by Crippen LogP contribution is -2.32. The Morgan fingerprint density at radius 2 is 1.30 bits per heavy atom. The fraction of sp³-hybridized carbons (Fsp3) is 0.180. The second kappa shape index (κ2) is 13.5. The number of nitrogens with zero attached hydrogens (tertiary/aromatic N) is 2. The van der Waals surface area contributed by atoms with Crippen molar-refractivity contribution in [2.45, 2.75) is 68.7 Å². The Bertz CT molecular complexity index is 3670. The first-order valence-electron chi connectivity index (χ1n) is 23.4. The van der Waals surface area contributed by atoms with Gasteiger partial charge in [-0.15, -0.1) is 0 Å². The number of fused-ring (bicyclic) bond motifs is 14. The van der Waals surface area contributed by atoms with E-state index < -0.39 is 0 Å². The number of hydrogen-bond acceptors (Lipinski definition) is 1. The molecule has 1 fully saturated rings. The summed E-state index contributed by atoms with van der Waals surface area (Å²) in [5, 5.41) is 6.54. The third-order valence-corrected chi connectivity index (χ3v) is 15.9. The predicted octanol–water partition coefficient (Wildman–Crippen LogP) is 16.0. The van der Waals surface area contributed by atoms with Crippen molar-refractivity contribution in [2.75, 3.05) is 0 Å². The molecule has 3 heteroatoms. The summed E-state index contributed by atoms with van der Waals surface area (Å²) in [6, 6.07) is 59.0. The molecule has 4 aliphatic rings. The van der Waals surface area contributed by atoms with Crippen molar-refractivity contribution in [3.8, 4) is 16.8 Å². The quantitative estimate of drug-likeness (QED) is 0.173. The minimum Gasteiger partial charge on any atom is -0.456 e. The van der Waals surface area contributed by atoms with Crippen LogP contribution in [0.1, 0.15) is 79.4 Å². The molecule has 64 heavy (non-hydrogen) atoms. The van der Waals surface area contributed by atoms with E-state index in [2.05, 4.69) is 198 Å². The lowest BCUT2D eigenvalue weighted by atomic mass is 9.66. The second-order valence-corrected chi connectivity index (χ2v) is 19.3. The molecule has 0 N–H and O–H groups in total. The zero-order valence-corrected chi connectivity index (χ0v) is 36.2. The van der Waals surface area contributed by atoms with Crippen LogP contribution in [-0.4, -0.2) is 9.13 Å². The van der Waals surface area contributed by atoms with Crippen LogP contribution in [-0.2, 0) is 17.4 Å². The van der Waals surface area contributed by atoms with Crippen molar-refractivity contribution in [3.63, 3.8) is 0 Å². The molecule has 0 amide bonds. The molecule has 10 aromatic rings. The number of aromatic nitrogens is 2. The molecule has 7 aromatic carbocycles. The van der Waals surface area contributed by atoms with Crippen LogP contribution in [0.4, 0.5) is 0 Å². The summed E-state index contributed by atoms with van der Waals surface area (Å²) in [7, 11) is 0. The molecule has 0 bridgehead atoms. The monoisotopic (exact) mass is 824 g/mol. The maximum Gasteiger partial charge on any atom is 0.135 e. The zero-order chi connectivity index (χ0) is 42.1. The molecule has 3 nitrogen and oxygen atoms in total. The maximum absolute atomic E-state index is 6.35. The van der Waals surface area contributed by atoms with Crippen molar-refractivity contribution in [2.24, 2.45) is 0 Å². The number of benzene rings is 7. The van der Waals surface area contributed by atoms with E-state index in [1.807, 2.05) is 0 Å². The molecule has 308 valence electrons. The molecule has 0 aliphatic heterocycles. The lowest BCUT2D eigenvalue weighted by molar-refractivity contribution is 0.342. The highest BCUT2D eigenvalue weighted by Gasteiger charge is 2.49. The van der Waals surface area contributed by atoms with Gasteiger partial charge in [0.15, 0.2) is 0 Å². The van der Waals surface area contributed by atoms with Crippen LogP contribution in [0, 0.1) is 0 Å². The number of furan rings is 1. The summed E-state index contributed by atoms with van der Waals surface area (Å²) < 4.78 is 11.5. The van der Waals surface area contributed by atoms with E-state index in [0.29, 0.717) is 5.92 Å². The van der Waals surface area contributed by atoms with Crippen LogP contribution in [0.2, 0.25) is 0 Å². The van der Waals surface area contributed by atoms with Gasteiger partial charge in [0.25, 0.3) is 0 Å². The lowest BCUT2D eigenvalue weighted by Gasteiger charge is -2.38. The zero-order valence-electron chi connectivity index (χ0n) is 36.2. The molecule has 0 radical (unpaired) electrons. The molecule has 2 unspecified atom stereocenters. The van der Waals surface area contributed by atoms with Crippen LogP contribution < -0.4 is 0 Å². The van der Waals surface area contributed by atoms with Gasteiger partial charge in [0.1, 0.15) is 11.3 Å². The van der Waals surface area contributed by atoms with Gasteiger partial charge in [-0.2, -0.15) is 0 Å². The van der Waals surface area contributed by atoms with E-state index in [1.54, 1.807) is 11.1 Å². The molecular formula is C61H48N2O. The minimum absolute atomic E-state index is 0.0965. The van der Waals surface area contributed by atoms with Crippen LogP contribution in [0.3, 0.4) is 0 Å². The van der Waals surface area contributed by atoms with Crippen molar-refractivity contribution in [1.82, 2.24) is 9.13 Å². The van der Waals surface area contributed by atoms with E-state index in [4.69, 9.17) is 4.42 Å². The maximum atomic E-state index is 6.35. The first-order chi connectivity index (χ1) is 31.5. The van der Waals surface area contributed by atoms with Crippen LogP contribution in [0.5, 0.6) is 0 Å². The minimum atomic E-state index is -0.282. The van der Waals surface area contributed by atoms with E-state index in [-0.39, 0.29) is 11.0 Å². The molecule has 3 aromatic heterocycles. The van der Waals surface area contributed by atoms with Gasteiger partial charge in [-0.05, 0) is 114 Å². The number of hydrogen-bond donors (Lipinski definition) is 0. The molecule has 1 saturated carbocycles. The van der Waals surface area contributed by atoms with Gasteiger partial charge in [0, 0.05) is 61.5 Å². The highest BCUT2D eigenvalue weighted by molar-refractivity contribution is 6.11. The van der Waals surface area contributed by atoms with Crippen molar-refractivity contribution in [1.29, 1.82) is 0 Å². The average Bonchev–Trinajstić information content (AvgIpc) is 4.06. The summed E-state index contributed by atoms with van der Waals surface area (Å²) in [6.07, 6.45) is 17.9. The van der Waals surface area contributed by atoms with Crippen LogP contribution in [0.25, 0.3) is 83.0 Å². The molecule has 1 spiro atoms. The smallest absolute Gasteiger partial charge is 0.135 e. The Hall–Kier alpha value is -7.10. The number of para-hydroxylation sites is 3. The molecule has 4 aliphatic carbocycles. The predicted molar refractivity (Wildman–Crippen MR) is 266 cm³/mol. The van der Waals surface area contributed by atoms with Gasteiger partial charge in [0.05, 0.1) is 22.1 Å². The third kappa shape index (κ3) is 5.10. The van der Waals surface area contributed by atoms with Crippen molar-refractivity contribution < 1.29 is 4.42 Å². The Morgan fingerprint density at radius 3 is 2.16 bits per heavy atom. The van der Waals surface area contributed by atoms with Crippen molar-refractivity contribution in [3.05, 3.63) is 210 Å². The van der Waals surface area contributed by atoms with E-state index in [9.17, 15) is 0 Å². The third-order valence-electron chi connectivity index (χ3n) is 15.9. The van der Waals surface area contributed by atoms with E-state index in [1.165, 1.54) is 120 Å². The highest BCUT2D eigenvalue weighted by atomic mass is 16.3. The van der Waals surface area contributed by atoms with Gasteiger partial charge >= 0.3 is 0 Å². The number of allylic oxidation sites excluding steroid dienone is 5. The standard InChI is InChI=1S/C61H48N2O/c1-60(32-29-59-51(38-60)47-21-8-11-24-58(47)64-59)63-55-23-10-7-19-44(55)46-27-25-42(35-57(46)63)41-26-28-52-48(34-41)49-37-56-50(36-53(49)61(52)30-12-3-13-31-61)45-20-6-9-22-54(45)62(56)43-18-14-17-40(33-43)39-15-4-2-5-16-39/h2,4-11,14-29,32-33,35-37,48H,3,12-13,30-31,34,38H2,1H3. The highest BCUT2D eigenvalue weighted by Crippen LogP contribution is 2.61. The summed E-state index contributed by atoms with van der Waals surface area (Å²) in [5.41, 5.74) is 18.4. The fourth-order valence-corrected chi connectivity index (χ4v) is 13.0. The van der Waals surface area contributed by atoms with E-state index >= 15 is 0 Å². The Labute approximate surface area is 373 Å². The SMILES string of the molecule is CC1(n2c3ccccc3c3ccc(C4=CC=C5C(C4)c4cc6c(cc4C54CCCCC4)c4ccccc4n6-c4cccc(-c5ccccc5)c4)cc32)C=Cc2oc3ccccc3c2C1. The molecule has 14 rings (SSSR count). The van der Waals surface area contributed by atoms with Gasteiger partial charge in [-0.25, -0.2) is 0 Å². The van der Waals surface area contributed by atoms with Gasteiger partial charge in [-0.3, -0.25) is 0 Å². The van der Waals surface area contributed by atoms with Gasteiger partial charge in [0.2, 0.25) is 0 Å². The molecule has 2 atom stereocenters. The van der Waals surface area contributed by atoms with Gasteiger partial charge < -0.3 is 13.6 Å². The normalized spacial score (nSPS) is 20.0. The Kier molecular flexibility index (Phi) is 7.65. The van der Waals surface area contributed by atoms with Crippen LogP contribution in [0.15, 0.2) is 186 Å². The van der Waals surface area contributed by atoms with Crippen molar-refractivity contribution >= 4 is 66.2 Å². The second-order valence-electron chi connectivity index (χ2n) is 19.3. The fourth-order valence-electron chi connectivity index (χ4n) is 13.0. The summed E-state index contributed by atoms with van der Waals surface area (Å²) in [6.45, 7) is 2.40. The largest absolute Gasteiger partial charge is 0.456 e. The number of rotatable bonds is 4.